The third-order valence-corrected chi connectivity index (χ3v) is 3.70. The number of amides is 2. The lowest BCUT2D eigenvalue weighted by Crippen LogP contribution is -2.45. The molecule has 5 nitrogen and oxygen atoms in total. The molecule has 1 saturated heterocycles. The van der Waals surface area contributed by atoms with E-state index in [4.69, 9.17) is 5.73 Å². The summed E-state index contributed by atoms with van der Waals surface area (Å²) in [6, 6.07) is 9.19. The monoisotopic (exact) mass is 289 g/mol. The van der Waals surface area contributed by atoms with E-state index in [0.29, 0.717) is 31.5 Å². The van der Waals surface area contributed by atoms with Gasteiger partial charge in [0, 0.05) is 37.7 Å². The highest BCUT2D eigenvalue weighted by molar-refractivity contribution is 5.94. The Morgan fingerprint density at radius 2 is 2.05 bits per heavy atom. The highest BCUT2D eigenvalue weighted by Crippen LogP contribution is 2.10. The van der Waals surface area contributed by atoms with Crippen molar-refractivity contribution in [1.29, 1.82) is 0 Å². The summed E-state index contributed by atoms with van der Waals surface area (Å²) in [5.41, 5.74) is 6.52. The van der Waals surface area contributed by atoms with Crippen molar-refractivity contribution in [2.45, 2.75) is 31.7 Å². The van der Waals surface area contributed by atoms with Gasteiger partial charge >= 0.3 is 0 Å². The minimum Gasteiger partial charge on any atom is -0.352 e. The van der Waals surface area contributed by atoms with Gasteiger partial charge in [0.25, 0.3) is 5.91 Å². The van der Waals surface area contributed by atoms with E-state index in [1.807, 2.05) is 23.1 Å². The largest absolute Gasteiger partial charge is 0.352 e. The molecule has 1 aliphatic rings. The zero-order valence-electron chi connectivity index (χ0n) is 12.3. The fourth-order valence-corrected chi connectivity index (χ4v) is 2.53. The van der Waals surface area contributed by atoms with Gasteiger partial charge in [0.05, 0.1) is 0 Å². The Kier molecular flexibility index (Phi) is 5.75. The molecule has 0 aliphatic carbocycles. The van der Waals surface area contributed by atoms with E-state index in [0.717, 1.165) is 19.4 Å². The van der Waals surface area contributed by atoms with Crippen molar-refractivity contribution in [2.24, 2.45) is 5.73 Å². The number of nitrogens with one attached hydrogen (secondary N) is 1. The molecule has 21 heavy (non-hydrogen) atoms. The zero-order valence-corrected chi connectivity index (χ0v) is 12.3. The molecule has 3 N–H and O–H groups in total. The van der Waals surface area contributed by atoms with Gasteiger partial charge in [-0.05, 0) is 31.4 Å². The number of nitrogens with zero attached hydrogens (tertiary/aromatic N) is 1. The Morgan fingerprint density at radius 1 is 1.29 bits per heavy atom. The fraction of sp³-hybridized carbons (Fsp3) is 0.500. The Bertz CT molecular complexity index is 476. The second kappa shape index (κ2) is 7.78. The highest BCUT2D eigenvalue weighted by atomic mass is 16.2. The lowest BCUT2D eigenvalue weighted by Gasteiger charge is -2.30. The first-order valence-electron chi connectivity index (χ1n) is 7.53. The molecule has 1 unspecified atom stereocenters. The van der Waals surface area contributed by atoms with E-state index >= 15 is 0 Å². The normalized spacial score (nSPS) is 18.3. The smallest absolute Gasteiger partial charge is 0.251 e. The molecule has 114 valence electrons. The lowest BCUT2D eigenvalue weighted by atomic mass is 10.1. The van der Waals surface area contributed by atoms with Gasteiger partial charge in [-0.2, -0.15) is 0 Å². The zero-order chi connectivity index (χ0) is 15.1. The van der Waals surface area contributed by atoms with Crippen LogP contribution in [-0.2, 0) is 4.79 Å². The number of piperidine rings is 1. The van der Waals surface area contributed by atoms with Crippen molar-refractivity contribution < 1.29 is 9.59 Å². The van der Waals surface area contributed by atoms with Gasteiger partial charge in [0.2, 0.25) is 5.91 Å². The van der Waals surface area contributed by atoms with E-state index in [-0.39, 0.29) is 17.9 Å². The van der Waals surface area contributed by atoms with Gasteiger partial charge < -0.3 is 16.0 Å². The van der Waals surface area contributed by atoms with Crippen LogP contribution in [0.4, 0.5) is 0 Å². The molecule has 1 heterocycles. The maximum atomic E-state index is 12.0. The summed E-state index contributed by atoms with van der Waals surface area (Å²) < 4.78 is 0. The molecule has 2 amide bonds. The van der Waals surface area contributed by atoms with Crippen molar-refractivity contribution in [2.75, 3.05) is 19.6 Å². The highest BCUT2D eigenvalue weighted by Gasteiger charge is 2.20. The Morgan fingerprint density at radius 3 is 2.76 bits per heavy atom. The second-order valence-corrected chi connectivity index (χ2v) is 5.47. The number of likely N-dealkylation sites (tertiary alicyclic amines) is 1. The first kappa shape index (κ1) is 15.5. The van der Waals surface area contributed by atoms with E-state index in [2.05, 4.69) is 5.32 Å². The Hall–Kier alpha value is -1.88. The number of carbonyl (C=O) groups excluding carboxylic acids is 2. The summed E-state index contributed by atoms with van der Waals surface area (Å²) >= 11 is 0. The van der Waals surface area contributed by atoms with Gasteiger partial charge in [-0.3, -0.25) is 9.59 Å². The van der Waals surface area contributed by atoms with Crippen LogP contribution in [0.1, 0.15) is 36.0 Å². The topological polar surface area (TPSA) is 75.4 Å². The minimum atomic E-state index is -0.0944. The molecule has 1 atom stereocenters. The van der Waals surface area contributed by atoms with Crippen LogP contribution in [0, 0.1) is 0 Å². The average molecular weight is 289 g/mol. The van der Waals surface area contributed by atoms with Crippen LogP contribution in [0.5, 0.6) is 0 Å². The fourth-order valence-electron chi connectivity index (χ4n) is 2.53. The molecule has 0 radical (unpaired) electrons. The van der Waals surface area contributed by atoms with Crippen LogP contribution in [0.15, 0.2) is 30.3 Å². The van der Waals surface area contributed by atoms with Gasteiger partial charge in [-0.25, -0.2) is 0 Å². The molecule has 1 aromatic rings. The summed E-state index contributed by atoms with van der Waals surface area (Å²) in [7, 11) is 0. The molecule has 1 aliphatic heterocycles. The standard InChI is InChI=1S/C16H23N3O2/c17-14-8-5-11-19(12-14)15(20)9-4-10-18-16(21)13-6-2-1-3-7-13/h1-3,6-7,14H,4-5,8-12,17H2,(H,18,21). The van der Waals surface area contributed by atoms with E-state index in [1.54, 1.807) is 12.1 Å². The van der Waals surface area contributed by atoms with Crippen molar-refractivity contribution in [3.63, 3.8) is 0 Å². The van der Waals surface area contributed by atoms with Crippen LogP contribution < -0.4 is 11.1 Å². The molecule has 0 saturated carbocycles. The lowest BCUT2D eigenvalue weighted by molar-refractivity contribution is -0.132. The SMILES string of the molecule is NC1CCCN(C(=O)CCCNC(=O)c2ccccc2)C1. The van der Waals surface area contributed by atoms with Crippen LogP contribution in [0.3, 0.4) is 0 Å². The molecule has 0 bridgehead atoms. The second-order valence-electron chi connectivity index (χ2n) is 5.47. The predicted molar refractivity (Wildman–Crippen MR) is 81.8 cm³/mol. The van der Waals surface area contributed by atoms with E-state index < -0.39 is 0 Å². The maximum absolute atomic E-state index is 12.0. The summed E-state index contributed by atoms with van der Waals surface area (Å²) in [5, 5.41) is 2.83. The Balaban J connectivity index is 1.65. The first-order chi connectivity index (χ1) is 10.2. The van der Waals surface area contributed by atoms with Crippen molar-refractivity contribution in [1.82, 2.24) is 10.2 Å². The van der Waals surface area contributed by atoms with Gasteiger partial charge in [0.15, 0.2) is 0 Å². The predicted octanol–water partition coefficient (Wildman–Crippen LogP) is 1.15. The third-order valence-electron chi connectivity index (χ3n) is 3.70. The molecule has 5 heteroatoms. The van der Waals surface area contributed by atoms with Gasteiger partial charge in [-0.15, -0.1) is 0 Å². The summed E-state index contributed by atoms with van der Waals surface area (Å²) in [5.74, 6) is 0.0437. The number of carbonyl (C=O) groups is 2. The molecule has 1 fully saturated rings. The van der Waals surface area contributed by atoms with Gasteiger partial charge in [-0.1, -0.05) is 18.2 Å². The van der Waals surface area contributed by atoms with Crippen LogP contribution in [0.25, 0.3) is 0 Å². The maximum Gasteiger partial charge on any atom is 0.251 e. The quantitative estimate of drug-likeness (QED) is 0.798. The molecule has 2 rings (SSSR count). The van der Waals surface area contributed by atoms with Crippen molar-refractivity contribution in [3.05, 3.63) is 35.9 Å². The molecule has 0 spiro atoms. The molecule has 1 aromatic carbocycles. The van der Waals surface area contributed by atoms with Crippen LogP contribution in [0.2, 0.25) is 0 Å². The number of hydrogen-bond donors (Lipinski definition) is 2. The first-order valence-corrected chi connectivity index (χ1v) is 7.53. The van der Waals surface area contributed by atoms with Gasteiger partial charge in [0.1, 0.15) is 0 Å². The number of rotatable bonds is 5. The molecule has 0 aromatic heterocycles. The molecular weight excluding hydrogens is 266 g/mol. The summed E-state index contributed by atoms with van der Waals surface area (Å²) in [4.78, 5) is 25.7. The van der Waals surface area contributed by atoms with Crippen molar-refractivity contribution >= 4 is 11.8 Å². The molecular formula is C16H23N3O2. The van der Waals surface area contributed by atoms with E-state index in [9.17, 15) is 9.59 Å². The summed E-state index contributed by atoms with van der Waals surface area (Å²) in [6.45, 7) is 1.98. The summed E-state index contributed by atoms with van der Waals surface area (Å²) in [6.07, 6.45) is 3.10. The number of benzene rings is 1. The Labute approximate surface area is 125 Å². The average Bonchev–Trinajstić information content (AvgIpc) is 2.52. The van der Waals surface area contributed by atoms with Crippen LogP contribution >= 0.6 is 0 Å². The van der Waals surface area contributed by atoms with Crippen molar-refractivity contribution in [3.8, 4) is 0 Å². The van der Waals surface area contributed by atoms with E-state index in [1.165, 1.54) is 0 Å². The van der Waals surface area contributed by atoms with Crippen LogP contribution in [-0.4, -0.2) is 42.4 Å². The minimum absolute atomic E-state index is 0.0944. The number of hydrogen-bond acceptors (Lipinski definition) is 3. The number of nitrogens with two attached hydrogens (primary N) is 1. The third kappa shape index (κ3) is 4.86.